The predicted molar refractivity (Wildman–Crippen MR) is 108 cm³/mol. The summed E-state index contributed by atoms with van der Waals surface area (Å²) < 4.78 is 5.77. The number of ether oxygens (including phenoxy) is 1. The average Bonchev–Trinajstić information content (AvgIpc) is 2.67. The van der Waals surface area contributed by atoms with Crippen molar-refractivity contribution < 1.29 is 9.53 Å². The van der Waals surface area contributed by atoms with Crippen LogP contribution in [0.25, 0.3) is 0 Å². The van der Waals surface area contributed by atoms with Gasteiger partial charge in [-0.1, -0.05) is 69.4 Å². The Balaban J connectivity index is 1.62. The fourth-order valence-corrected chi connectivity index (χ4v) is 2.66. The molecule has 0 aliphatic heterocycles. The van der Waals surface area contributed by atoms with Crippen molar-refractivity contribution in [3.8, 4) is 5.75 Å². The standard InChI is InChI=1S/C22H30N2O2/c1-2-3-4-5-6-10-17-26-21-15-13-19(14-16-21)18-23-22(25)24-20-11-8-7-9-12-20/h7-9,11-16H,2-6,10,17-18H2,1H3,(H2,23,24,25). The average molecular weight is 354 g/mol. The second-order valence-corrected chi connectivity index (χ2v) is 6.43. The summed E-state index contributed by atoms with van der Waals surface area (Å²) in [6.45, 7) is 3.48. The van der Waals surface area contributed by atoms with Gasteiger partial charge in [0.05, 0.1) is 6.61 Å². The number of benzene rings is 2. The van der Waals surface area contributed by atoms with Crippen LogP contribution in [0.2, 0.25) is 0 Å². The van der Waals surface area contributed by atoms with Gasteiger partial charge < -0.3 is 15.4 Å². The summed E-state index contributed by atoms with van der Waals surface area (Å²) in [5, 5.41) is 5.65. The van der Waals surface area contributed by atoms with E-state index in [2.05, 4.69) is 17.6 Å². The van der Waals surface area contributed by atoms with Crippen LogP contribution in [0.3, 0.4) is 0 Å². The number of anilines is 1. The van der Waals surface area contributed by atoms with E-state index in [1.165, 1.54) is 32.1 Å². The van der Waals surface area contributed by atoms with E-state index in [9.17, 15) is 4.79 Å². The van der Waals surface area contributed by atoms with E-state index in [-0.39, 0.29) is 6.03 Å². The van der Waals surface area contributed by atoms with E-state index in [4.69, 9.17) is 4.74 Å². The lowest BCUT2D eigenvalue weighted by atomic mass is 10.1. The van der Waals surface area contributed by atoms with E-state index in [0.29, 0.717) is 6.54 Å². The van der Waals surface area contributed by atoms with Crippen LogP contribution in [-0.4, -0.2) is 12.6 Å². The summed E-state index contributed by atoms with van der Waals surface area (Å²) >= 11 is 0. The zero-order valence-electron chi connectivity index (χ0n) is 15.7. The number of hydrogen-bond donors (Lipinski definition) is 2. The molecule has 0 aliphatic carbocycles. The van der Waals surface area contributed by atoms with Crippen LogP contribution in [0.5, 0.6) is 5.75 Å². The van der Waals surface area contributed by atoms with Gasteiger partial charge in [-0.05, 0) is 36.2 Å². The monoisotopic (exact) mass is 354 g/mol. The molecule has 2 N–H and O–H groups in total. The third-order valence-corrected chi connectivity index (χ3v) is 4.17. The van der Waals surface area contributed by atoms with Crippen molar-refractivity contribution in [3.05, 3.63) is 60.2 Å². The van der Waals surface area contributed by atoms with E-state index in [0.717, 1.165) is 30.0 Å². The second-order valence-electron chi connectivity index (χ2n) is 6.43. The van der Waals surface area contributed by atoms with Gasteiger partial charge in [-0.25, -0.2) is 4.79 Å². The van der Waals surface area contributed by atoms with Gasteiger partial charge in [0, 0.05) is 12.2 Å². The Morgan fingerprint density at radius 3 is 2.31 bits per heavy atom. The summed E-state index contributed by atoms with van der Waals surface area (Å²) in [4.78, 5) is 11.9. The second kappa shape index (κ2) is 12.0. The number of rotatable bonds is 11. The first-order chi connectivity index (χ1) is 12.8. The van der Waals surface area contributed by atoms with E-state index in [1.54, 1.807) is 0 Å². The minimum absolute atomic E-state index is 0.209. The summed E-state index contributed by atoms with van der Waals surface area (Å²) in [7, 11) is 0. The first kappa shape index (κ1) is 19.8. The SMILES string of the molecule is CCCCCCCCOc1ccc(CNC(=O)Nc2ccccc2)cc1. The van der Waals surface area contributed by atoms with E-state index >= 15 is 0 Å². The molecule has 0 radical (unpaired) electrons. The Labute approximate surface area is 157 Å². The fourth-order valence-electron chi connectivity index (χ4n) is 2.66. The van der Waals surface area contributed by atoms with Crippen molar-refractivity contribution in [1.29, 1.82) is 0 Å². The highest BCUT2D eigenvalue weighted by molar-refractivity contribution is 5.89. The number of nitrogens with one attached hydrogen (secondary N) is 2. The number of para-hydroxylation sites is 1. The van der Waals surface area contributed by atoms with Crippen molar-refractivity contribution in [1.82, 2.24) is 5.32 Å². The highest BCUT2D eigenvalue weighted by Crippen LogP contribution is 2.13. The lowest BCUT2D eigenvalue weighted by molar-refractivity contribution is 0.251. The molecule has 0 saturated carbocycles. The van der Waals surface area contributed by atoms with Gasteiger partial charge in [0.2, 0.25) is 0 Å². The third-order valence-electron chi connectivity index (χ3n) is 4.17. The van der Waals surface area contributed by atoms with Crippen molar-refractivity contribution in [2.24, 2.45) is 0 Å². The van der Waals surface area contributed by atoms with Gasteiger partial charge in [-0.2, -0.15) is 0 Å². The van der Waals surface area contributed by atoms with Gasteiger partial charge in [0.25, 0.3) is 0 Å². The maximum Gasteiger partial charge on any atom is 0.319 e. The normalized spacial score (nSPS) is 10.3. The molecule has 2 aromatic carbocycles. The molecule has 26 heavy (non-hydrogen) atoms. The van der Waals surface area contributed by atoms with Crippen LogP contribution < -0.4 is 15.4 Å². The van der Waals surface area contributed by atoms with Crippen molar-refractivity contribution >= 4 is 11.7 Å². The molecule has 4 heteroatoms. The molecule has 0 bridgehead atoms. The quantitative estimate of drug-likeness (QED) is 0.505. The first-order valence-electron chi connectivity index (χ1n) is 9.59. The molecule has 0 atom stereocenters. The molecule has 2 aromatic rings. The van der Waals surface area contributed by atoms with E-state index < -0.39 is 0 Å². The van der Waals surface area contributed by atoms with Crippen LogP contribution in [0.15, 0.2) is 54.6 Å². The maximum absolute atomic E-state index is 11.9. The number of urea groups is 1. The Bertz CT molecular complexity index is 626. The van der Waals surface area contributed by atoms with Crippen LogP contribution in [-0.2, 0) is 6.54 Å². The molecule has 0 aromatic heterocycles. The van der Waals surface area contributed by atoms with Gasteiger partial charge in [0.1, 0.15) is 5.75 Å². The highest BCUT2D eigenvalue weighted by atomic mass is 16.5. The molecule has 140 valence electrons. The summed E-state index contributed by atoms with van der Waals surface area (Å²) in [5.74, 6) is 0.885. The number of amides is 2. The molecule has 2 amide bonds. The molecule has 0 aliphatic rings. The van der Waals surface area contributed by atoms with Gasteiger partial charge in [0.15, 0.2) is 0 Å². The number of hydrogen-bond acceptors (Lipinski definition) is 2. The van der Waals surface area contributed by atoms with Gasteiger partial charge in [-0.15, -0.1) is 0 Å². The maximum atomic E-state index is 11.9. The molecule has 0 heterocycles. The van der Waals surface area contributed by atoms with Gasteiger partial charge in [-0.3, -0.25) is 0 Å². The Kier molecular flexibility index (Phi) is 9.12. The summed E-state index contributed by atoms with van der Waals surface area (Å²) in [6, 6.07) is 17.1. The molecule has 0 saturated heterocycles. The molecule has 0 unspecified atom stereocenters. The smallest absolute Gasteiger partial charge is 0.319 e. The minimum atomic E-state index is -0.209. The zero-order valence-corrected chi connectivity index (χ0v) is 15.7. The van der Waals surface area contributed by atoms with Crippen molar-refractivity contribution in [3.63, 3.8) is 0 Å². The lowest BCUT2D eigenvalue weighted by Gasteiger charge is -2.09. The number of carbonyl (C=O) groups is 1. The van der Waals surface area contributed by atoms with Crippen LogP contribution in [0.4, 0.5) is 10.5 Å². The number of carbonyl (C=O) groups excluding carboxylic acids is 1. The van der Waals surface area contributed by atoms with E-state index in [1.807, 2.05) is 54.6 Å². The fraction of sp³-hybridized carbons (Fsp3) is 0.409. The predicted octanol–water partition coefficient (Wildman–Crippen LogP) is 5.75. The minimum Gasteiger partial charge on any atom is -0.494 e. The van der Waals surface area contributed by atoms with Crippen molar-refractivity contribution in [2.75, 3.05) is 11.9 Å². The summed E-state index contributed by atoms with van der Waals surface area (Å²) in [6.07, 6.45) is 7.58. The van der Waals surface area contributed by atoms with Crippen LogP contribution in [0.1, 0.15) is 51.0 Å². The molecule has 2 rings (SSSR count). The Morgan fingerprint density at radius 1 is 0.885 bits per heavy atom. The molecule has 0 fully saturated rings. The lowest BCUT2D eigenvalue weighted by Crippen LogP contribution is -2.28. The van der Waals surface area contributed by atoms with Gasteiger partial charge >= 0.3 is 6.03 Å². The van der Waals surface area contributed by atoms with Crippen LogP contribution >= 0.6 is 0 Å². The first-order valence-corrected chi connectivity index (χ1v) is 9.59. The topological polar surface area (TPSA) is 50.4 Å². The summed E-state index contributed by atoms with van der Waals surface area (Å²) in [5.41, 5.74) is 1.82. The number of unbranched alkanes of at least 4 members (excludes halogenated alkanes) is 5. The largest absolute Gasteiger partial charge is 0.494 e. The molecular formula is C22H30N2O2. The molecule has 0 spiro atoms. The van der Waals surface area contributed by atoms with Crippen LogP contribution in [0, 0.1) is 0 Å². The zero-order chi connectivity index (χ0) is 18.5. The Hall–Kier alpha value is -2.49. The molecule has 4 nitrogen and oxygen atoms in total. The van der Waals surface area contributed by atoms with Crippen molar-refractivity contribution in [2.45, 2.75) is 52.0 Å². The molecular weight excluding hydrogens is 324 g/mol. The third kappa shape index (κ3) is 8.06. The Morgan fingerprint density at radius 2 is 1.58 bits per heavy atom. The highest BCUT2D eigenvalue weighted by Gasteiger charge is 2.02.